The fourth-order valence-corrected chi connectivity index (χ4v) is 9.85. The Morgan fingerprint density at radius 3 is 2.18 bits per heavy atom. The summed E-state index contributed by atoms with van der Waals surface area (Å²) in [6.07, 6.45) is 5.39. The maximum absolute atomic E-state index is 13.7. The van der Waals surface area contributed by atoms with Crippen LogP contribution in [0.5, 0.6) is 0 Å². The largest absolute Gasteiger partial charge is 0.296 e. The molecule has 4 saturated carbocycles. The van der Waals surface area contributed by atoms with Gasteiger partial charge in [-0.1, -0.05) is 47.5 Å². The Kier molecular flexibility index (Phi) is 3.09. The second-order valence-electron chi connectivity index (χ2n) is 8.31. The van der Waals surface area contributed by atoms with E-state index >= 15 is 0 Å². The predicted molar refractivity (Wildman–Crippen MR) is 111 cm³/mol. The van der Waals surface area contributed by atoms with Gasteiger partial charge >= 0.3 is 0 Å². The van der Waals surface area contributed by atoms with Crippen LogP contribution in [0.2, 0.25) is 5.02 Å². The summed E-state index contributed by atoms with van der Waals surface area (Å²) in [6, 6.07) is 7.08. The highest BCUT2D eigenvalue weighted by Gasteiger charge is 3.08. The number of hydrogen-bond acceptors (Lipinski definition) is 2. The van der Waals surface area contributed by atoms with Crippen LogP contribution in [-0.4, -0.2) is 31.1 Å². The Hall–Kier alpha value is -0.220. The fourth-order valence-electron chi connectivity index (χ4n) is 6.89. The topological polar surface area (TPSA) is 34.1 Å². The van der Waals surface area contributed by atoms with Crippen LogP contribution >= 0.6 is 69.6 Å². The first-order valence-electron chi connectivity index (χ1n) is 8.68. The number of halogens is 6. The van der Waals surface area contributed by atoms with Crippen molar-refractivity contribution in [3.05, 3.63) is 58.1 Å². The normalized spacial score (nSPS) is 54.6. The number of Topliss-reactive ketones (excluding diaryl/α,β-unsaturated/α-hetero) is 2. The zero-order chi connectivity index (χ0) is 20.1. The van der Waals surface area contributed by atoms with E-state index in [0.717, 1.165) is 5.56 Å². The first-order valence-corrected chi connectivity index (χ1v) is 10.9. The van der Waals surface area contributed by atoms with E-state index in [0.29, 0.717) is 10.1 Å². The van der Waals surface area contributed by atoms with E-state index in [9.17, 15) is 9.59 Å². The van der Waals surface area contributed by atoms with Crippen LogP contribution in [0, 0.1) is 11.3 Å². The van der Waals surface area contributed by atoms with Crippen molar-refractivity contribution in [2.75, 3.05) is 0 Å². The highest BCUT2D eigenvalue weighted by molar-refractivity contribution is 6.67. The van der Waals surface area contributed by atoms with Crippen molar-refractivity contribution < 1.29 is 9.59 Å². The molecule has 7 unspecified atom stereocenters. The minimum atomic E-state index is -1.71. The van der Waals surface area contributed by atoms with Gasteiger partial charge in [-0.15, -0.1) is 46.4 Å². The third-order valence-corrected chi connectivity index (χ3v) is 11.4. The molecule has 5 aliphatic carbocycles. The molecule has 7 atom stereocenters. The van der Waals surface area contributed by atoms with Crippen molar-refractivity contribution in [3.8, 4) is 0 Å². The number of ketones is 2. The molecule has 1 aromatic carbocycles. The standard InChI is InChI=1S/C20H10Cl6O2/c21-10-3-1-9(2-4-10)16-8-17(23)13(27)18(24)12-7-11(22)5-6-15(12,16)20(18,26)14(28)19(16,17)25/h1-7,12H,8H2. The Bertz CT molecular complexity index is 1100. The lowest BCUT2D eigenvalue weighted by Crippen LogP contribution is -2.83. The summed E-state index contributed by atoms with van der Waals surface area (Å²) in [5.74, 6) is -1.58. The van der Waals surface area contributed by atoms with Crippen LogP contribution in [-0.2, 0) is 15.0 Å². The van der Waals surface area contributed by atoms with Crippen LogP contribution in [0.15, 0.2) is 47.5 Å². The molecule has 0 aliphatic heterocycles. The fraction of sp³-hybridized carbons (Fsp3) is 0.400. The van der Waals surface area contributed by atoms with Gasteiger partial charge in [0.05, 0.1) is 0 Å². The first-order chi connectivity index (χ1) is 13.0. The Morgan fingerprint density at radius 2 is 1.54 bits per heavy atom. The van der Waals surface area contributed by atoms with Crippen LogP contribution in [0.4, 0.5) is 0 Å². The van der Waals surface area contributed by atoms with Crippen molar-refractivity contribution in [2.24, 2.45) is 11.3 Å². The maximum Gasteiger partial charge on any atom is 0.181 e. The molecule has 2 nitrogen and oxygen atoms in total. The van der Waals surface area contributed by atoms with Gasteiger partial charge in [0, 0.05) is 26.8 Å². The smallest absolute Gasteiger partial charge is 0.181 e. The van der Waals surface area contributed by atoms with Crippen LogP contribution in [0.25, 0.3) is 0 Å². The monoisotopic (exact) mass is 492 g/mol. The summed E-state index contributed by atoms with van der Waals surface area (Å²) in [6.45, 7) is 0. The van der Waals surface area contributed by atoms with Gasteiger partial charge in [0.2, 0.25) is 0 Å². The summed E-state index contributed by atoms with van der Waals surface area (Å²) in [5.41, 5.74) is -1.26. The Balaban J connectivity index is 1.78. The summed E-state index contributed by atoms with van der Waals surface area (Å²) in [4.78, 5) is 20.6. The van der Waals surface area contributed by atoms with Gasteiger partial charge in [-0.05, 0) is 30.2 Å². The molecule has 28 heavy (non-hydrogen) atoms. The molecule has 0 N–H and O–H groups in total. The molecular formula is C20H10Cl6O2. The quantitative estimate of drug-likeness (QED) is 0.492. The molecule has 0 radical (unpaired) electrons. The van der Waals surface area contributed by atoms with Crippen molar-refractivity contribution in [1.82, 2.24) is 0 Å². The minimum Gasteiger partial charge on any atom is -0.296 e. The van der Waals surface area contributed by atoms with Gasteiger partial charge in [-0.2, -0.15) is 0 Å². The number of carbonyl (C=O) groups excluding carboxylic acids is 2. The number of carbonyl (C=O) groups is 2. The highest BCUT2D eigenvalue weighted by Crippen LogP contribution is 2.94. The van der Waals surface area contributed by atoms with Crippen molar-refractivity contribution in [2.45, 2.75) is 31.3 Å². The van der Waals surface area contributed by atoms with Crippen LogP contribution < -0.4 is 0 Å². The second kappa shape index (κ2) is 4.66. The highest BCUT2D eigenvalue weighted by atomic mass is 35.5. The van der Waals surface area contributed by atoms with Crippen molar-refractivity contribution >= 4 is 81.2 Å². The first kappa shape index (κ1) is 18.5. The third kappa shape index (κ3) is 1.24. The lowest BCUT2D eigenvalue weighted by molar-refractivity contribution is -0.147. The molecule has 6 rings (SSSR count). The summed E-state index contributed by atoms with van der Waals surface area (Å²) < 4.78 is 0. The molecule has 0 heterocycles. The van der Waals surface area contributed by atoms with Gasteiger partial charge in [-0.25, -0.2) is 0 Å². The minimum absolute atomic E-state index is 0.159. The van der Waals surface area contributed by atoms with E-state index in [1.807, 2.05) is 18.2 Å². The van der Waals surface area contributed by atoms with Crippen molar-refractivity contribution in [1.29, 1.82) is 0 Å². The average Bonchev–Trinajstić information content (AvgIpc) is 2.74. The zero-order valence-electron chi connectivity index (χ0n) is 13.9. The molecule has 144 valence electrons. The molecular weight excluding hydrogens is 485 g/mol. The van der Waals surface area contributed by atoms with Crippen LogP contribution in [0.1, 0.15) is 12.0 Å². The van der Waals surface area contributed by atoms with Gasteiger partial charge in [0.25, 0.3) is 0 Å². The number of alkyl halides is 4. The number of rotatable bonds is 1. The lowest BCUT2D eigenvalue weighted by Gasteiger charge is -2.68. The summed E-state index contributed by atoms with van der Waals surface area (Å²) in [7, 11) is 0. The number of allylic oxidation sites excluding steroid dienone is 4. The molecule has 2 bridgehead atoms. The molecule has 4 fully saturated rings. The number of hydrogen-bond donors (Lipinski definition) is 0. The zero-order valence-corrected chi connectivity index (χ0v) is 18.4. The number of fused-ring (bicyclic) bond motifs is 1. The third-order valence-electron chi connectivity index (χ3n) is 7.82. The van der Waals surface area contributed by atoms with Gasteiger partial charge < -0.3 is 0 Å². The van der Waals surface area contributed by atoms with E-state index in [-0.39, 0.29) is 6.42 Å². The van der Waals surface area contributed by atoms with Crippen LogP contribution in [0.3, 0.4) is 0 Å². The van der Waals surface area contributed by atoms with E-state index in [1.165, 1.54) is 0 Å². The second-order valence-corrected chi connectivity index (χ2v) is 11.6. The molecule has 1 aromatic rings. The van der Waals surface area contributed by atoms with Gasteiger partial charge in [0.15, 0.2) is 11.6 Å². The van der Waals surface area contributed by atoms with Gasteiger partial charge in [-0.3, -0.25) is 9.59 Å². The lowest BCUT2D eigenvalue weighted by atomic mass is 9.38. The van der Waals surface area contributed by atoms with E-state index < -0.39 is 47.8 Å². The molecule has 8 heteroatoms. The summed E-state index contributed by atoms with van der Waals surface area (Å²) in [5, 5.41) is 0.973. The van der Waals surface area contributed by atoms with E-state index in [2.05, 4.69) is 0 Å². The Morgan fingerprint density at radius 1 is 0.893 bits per heavy atom. The summed E-state index contributed by atoms with van der Waals surface area (Å²) >= 11 is 40.2. The van der Waals surface area contributed by atoms with E-state index in [4.69, 9.17) is 69.6 Å². The average molecular weight is 495 g/mol. The Labute approximate surface area is 190 Å². The SMILES string of the molecule is O=C1C2(Cl)CC3(c4ccc(Cl)cc4)C2(Cl)C(=O)C2(Cl)C1(Cl)C1C=C(Cl)C=CC123. The van der Waals surface area contributed by atoms with Crippen molar-refractivity contribution in [3.63, 3.8) is 0 Å². The molecule has 0 amide bonds. The molecule has 5 aliphatic rings. The number of benzene rings is 1. The molecule has 0 saturated heterocycles. The maximum atomic E-state index is 13.7. The predicted octanol–water partition coefficient (Wildman–Crippen LogP) is 5.37. The van der Waals surface area contributed by atoms with E-state index in [1.54, 1.807) is 24.3 Å². The van der Waals surface area contributed by atoms with Gasteiger partial charge in [0.1, 0.15) is 19.5 Å². The molecule has 1 spiro atoms. The molecule has 0 aromatic heterocycles.